The van der Waals surface area contributed by atoms with Gasteiger partial charge in [-0.3, -0.25) is 9.69 Å². The lowest BCUT2D eigenvalue weighted by Crippen LogP contribution is -2.50. The molecular formula is C11H21ClN2O. The Labute approximate surface area is 97.4 Å². The molecule has 1 saturated heterocycles. The van der Waals surface area contributed by atoms with Gasteiger partial charge < -0.3 is 4.90 Å². The number of halogens is 1. The van der Waals surface area contributed by atoms with Crippen LogP contribution in [-0.2, 0) is 4.79 Å². The van der Waals surface area contributed by atoms with E-state index >= 15 is 0 Å². The molecule has 0 bridgehead atoms. The highest BCUT2D eigenvalue weighted by molar-refractivity contribution is 6.17. The first kappa shape index (κ1) is 12.8. The number of hydrogen-bond donors (Lipinski definition) is 0. The summed E-state index contributed by atoms with van der Waals surface area (Å²) in [6.45, 7) is 8.16. The van der Waals surface area contributed by atoms with Gasteiger partial charge in [0, 0.05) is 44.5 Å². The second-order valence-electron chi connectivity index (χ2n) is 4.30. The van der Waals surface area contributed by atoms with Crippen molar-refractivity contribution >= 4 is 17.5 Å². The number of amides is 1. The van der Waals surface area contributed by atoms with Gasteiger partial charge in [0.05, 0.1) is 0 Å². The standard InChI is InChI=1S/C11H21ClN2O/c1-10(2)13-6-8-14(9-7-13)11(15)4-3-5-12/h10H,3-9H2,1-2H3. The van der Waals surface area contributed by atoms with E-state index in [0.29, 0.717) is 18.3 Å². The molecule has 15 heavy (non-hydrogen) atoms. The summed E-state index contributed by atoms with van der Waals surface area (Å²) in [5, 5.41) is 0. The van der Waals surface area contributed by atoms with Gasteiger partial charge in [0.1, 0.15) is 0 Å². The minimum absolute atomic E-state index is 0.263. The van der Waals surface area contributed by atoms with Crippen LogP contribution in [0.5, 0.6) is 0 Å². The lowest BCUT2D eigenvalue weighted by molar-refractivity contribution is -0.133. The minimum atomic E-state index is 0.263. The third kappa shape index (κ3) is 3.99. The fraction of sp³-hybridized carbons (Fsp3) is 0.909. The molecule has 1 heterocycles. The van der Waals surface area contributed by atoms with Gasteiger partial charge in [-0.05, 0) is 20.3 Å². The Balaban J connectivity index is 2.27. The summed E-state index contributed by atoms with van der Waals surface area (Å²) in [4.78, 5) is 16.1. The lowest BCUT2D eigenvalue weighted by Gasteiger charge is -2.37. The van der Waals surface area contributed by atoms with E-state index in [2.05, 4.69) is 18.7 Å². The molecule has 0 unspecified atom stereocenters. The maximum Gasteiger partial charge on any atom is 0.222 e. The van der Waals surface area contributed by atoms with Crippen LogP contribution in [0.4, 0.5) is 0 Å². The van der Waals surface area contributed by atoms with E-state index in [1.54, 1.807) is 0 Å². The van der Waals surface area contributed by atoms with Crippen molar-refractivity contribution in [2.45, 2.75) is 32.7 Å². The highest BCUT2D eigenvalue weighted by Gasteiger charge is 2.21. The lowest BCUT2D eigenvalue weighted by atomic mass is 10.2. The number of carbonyl (C=O) groups is 1. The summed E-state index contributed by atoms with van der Waals surface area (Å²) in [5.41, 5.74) is 0. The van der Waals surface area contributed by atoms with Gasteiger partial charge in [-0.1, -0.05) is 0 Å². The summed E-state index contributed by atoms with van der Waals surface area (Å²) in [5.74, 6) is 0.844. The van der Waals surface area contributed by atoms with Crippen LogP contribution in [0.2, 0.25) is 0 Å². The Morgan fingerprint density at radius 1 is 1.27 bits per heavy atom. The van der Waals surface area contributed by atoms with Gasteiger partial charge in [-0.2, -0.15) is 0 Å². The number of hydrogen-bond acceptors (Lipinski definition) is 2. The molecule has 0 aromatic rings. The smallest absolute Gasteiger partial charge is 0.222 e. The average Bonchev–Trinajstić information content (AvgIpc) is 2.26. The quantitative estimate of drug-likeness (QED) is 0.687. The van der Waals surface area contributed by atoms with Gasteiger partial charge in [0.15, 0.2) is 0 Å². The average molecular weight is 233 g/mol. The first-order valence-electron chi connectivity index (χ1n) is 5.73. The molecule has 1 aliphatic heterocycles. The van der Waals surface area contributed by atoms with Crippen LogP contribution in [0.3, 0.4) is 0 Å². The molecule has 0 radical (unpaired) electrons. The van der Waals surface area contributed by atoms with Crippen molar-refractivity contribution in [2.75, 3.05) is 32.1 Å². The molecule has 0 spiro atoms. The van der Waals surface area contributed by atoms with E-state index in [1.807, 2.05) is 4.90 Å². The molecule has 0 atom stereocenters. The van der Waals surface area contributed by atoms with Gasteiger partial charge in [0.2, 0.25) is 5.91 Å². The molecule has 0 saturated carbocycles. The van der Waals surface area contributed by atoms with E-state index in [9.17, 15) is 4.79 Å². The highest BCUT2D eigenvalue weighted by Crippen LogP contribution is 2.08. The van der Waals surface area contributed by atoms with Gasteiger partial charge in [-0.25, -0.2) is 0 Å². The number of piperazine rings is 1. The zero-order valence-corrected chi connectivity index (χ0v) is 10.5. The number of rotatable bonds is 4. The topological polar surface area (TPSA) is 23.6 Å². The van der Waals surface area contributed by atoms with E-state index in [-0.39, 0.29) is 5.91 Å². The van der Waals surface area contributed by atoms with Crippen molar-refractivity contribution in [3.63, 3.8) is 0 Å². The van der Waals surface area contributed by atoms with Crippen molar-refractivity contribution in [2.24, 2.45) is 0 Å². The van der Waals surface area contributed by atoms with Crippen molar-refractivity contribution in [3.05, 3.63) is 0 Å². The summed E-state index contributed by atoms with van der Waals surface area (Å²) in [7, 11) is 0. The second-order valence-corrected chi connectivity index (χ2v) is 4.68. The third-order valence-electron chi connectivity index (χ3n) is 2.92. The van der Waals surface area contributed by atoms with Gasteiger partial charge >= 0.3 is 0 Å². The Bertz CT molecular complexity index is 201. The van der Waals surface area contributed by atoms with Gasteiger partial charge in [0.25, 0.3) is 0 Å². The molecule has 3 nitrogen and oxygen atoms in total. The van der Waals surface area contributed by atoms with Crippen LogP contribution in [0.15, 0.2) is 0 Å². The Kier molecular flexibility index (Phi) is 5.40. The highest BCUT2D eigenvalue weighted by atomic mass is 35.5. The first-order chi connectivity index (χ1) is 7.15. The van der Waals surface area contributed by atoms with Crippen LogP contribution in [0.25, 0.3) is 0 Å². The monoisotopic (exact) mass is 232 g/mol. The fourth-order valence-corrected chi connectivity index (χ4v) is 2.00. The van der Waals surface area contributed by atoms with Crippen LogP contribution >= 0.6 is 11.6 Å². The van der Waals surface area contributed by atoms with Crippen molar-refractivity contribution in [1.82, 2.24) is 9.80 Å². The number of nitrogens with zero attached hydrogens (tertiary/aromatic N) is 2. The van der Waals surface area contributed by atoms with Gasteiger partial charge in [-0.15, -0.1) is 11.6 Å². The molecule has 88 valence electrons. The molecule has 4 heteroatoms. The third-order valence-corrected chi connectivity index (χ3v) is 3.19. The van der Waals surface area contributed by atoms with E-state index in [4.69, 9.17) is 11.6 Å². The first-order valence-corrected chi connectivity index (χ1v) is 6.26. The normalized spacial score (nSPS) is 18.5. The maximum atomic E-state index is 11.7. The Hall–Kier alpha value is -0.280. The van der Waals surface area contributed by atoms with Crippen molar-refractivity contribution < 1.29 is 4.79 Å². The predicted molar refractivity (Wildman–Crippen MR) is 63.2 cm³/mol. The zero-order chi connectivity index (χ0) is 11.3. The Morgan fingerprint density at radius 2 is 1.87 bits per heavy atom. The molecule has 1 aliphatic rings. The van der Waals surface area contributed by atoms with Crippen LogP contribution in [-0.4, -0.2) is 53.8 Å². The van der Waals surface area contributed by atoms with Crippen molar-refractivity contribution in [3.8, 4) is 0 Å². The van der Waals surface area contributed by atoms with Crippen molar-refractivity contribution in [1.29, 1.82) is 0 Å². The number of carbonyl (C=O) groups excluding carboxylic acids is 1. The van der Waals surface area contributed by atoms with E-state index < -0.39 is 0 Å². The molecule has 1 amide bonds. The summed E-state index contributed by atoms with van der Waals surface area (Å²) in [6, 6.07) is 0.588. The number of alkyl halides is 1. The van der Waals surface area contributed by atoms with E-state index in [1.165, 1.54) is 0 Å². The molecular weight excluding hydrogens is 212 g/mol. The van der Waals surface area contributed by atoms with Crippen LogP contribution in [0, 0.1) is 0 Å². The largest absolute Gasteiger partial charge is 0.340 e. The maximum absolute atomic E-state index is 11.7. The van der Waals surface area contributed by atoms with Crippen LogP contribution in [0.1, 0.15) is 26.7 Å². The molecule has 0 aromatic carbocycles. The SMILES string of the molecule is CC(C)N1CCN(C(=O)CCCCl)CC1. The molecule has 1 fully saturated rings. The zero-order valence-electron chi connectivity index (χ0n) is 9.71. The molecule has 1 rings (SSSR count). The summed E-state index contributed by atoms with van der Waals surface area (Å²) < 4.78 is 0. The van der Waals surface area contributed by atoms with Crippen LogP contribution < -0.4 is 0 Å². The predicted octanol–water partition coefficient (Wildman–Crippen LogP) is 1.56. The summed E-state index contributed by atoms with van der Waals surface area (Å²) in [6.07, 6.45) is 1.40. The minimum Gasteiger partial charge on any atom is -0.340 e. The second kappa shape index (κ2) is 6.33. The molecule has 0 N–H and O–H groups in total. The molecule has 0 aliphatic carbocycles. The summed E-state index contributed by atoms with van der Waals surface area (Å²) >= 11 is 5.57. The van der Waals surface area contributed by atoms with E-state index in [0.717, 1.165) is 32.6 Å². The Morgan fingerprint density at radius 3 is 2.33 bits per heavy atom. The molecule has 0 aromatic heterocycles. The fourth-order valence-electron chi connectivity index (χ4n) is 1.86.